The highest BCUT2D eigenvalue weighted by Crippen LogP contribution is 2.42. The molecule has 8 nitrogen and oxygen atoms in total. The van der Waals surface area contributed by atoms with Gasteiger partial charge in [-0.25, -0.2) is 4.98 Å². The molecule has 0 bridgehead atoms. The maximum absolute atomic E-state index is 12.8. The number of nitriles is 1. The summed E-state index contributed by atoms with van der Waals surface area (Å²) in [5, 5.41) is 14.9. The molecule has 34 heavy (non-hydrogen) atoms. The van der Waals surface area contributed by atoms with Crippen LogP contribution in [0.15, 0.2) is 55.0 Å². The predicted molar refractivity (Wildman–Crippen MR) is 130 cm³/mol. The van der Waals surface area contributed by atoms with Gasteiger partial charge in [0.25, 0.3) is 5.91 Å². The van der Waals surface area contributed by atoms with Gasteiger partial charge in [0.2, 0.25) is 0 Å². The molecule has 2 heterocycles. The molecule has 2 aromatic heterocycles. The number of hydrogen-bond acceptors (Lipinski definition) is 6. The molecule has 2 N–H and O–H groups in total. The average Bonchev–Trinajstić information content (AvgIpc) is 3.35. The van der Waals surface area contributed by atoms with Crippen molar-refractivity contribution < 1.29 is 14.3 Å². The molecule has 3 aromatic rings. The molecule has 1 amide bonds. The van der Waals surface area contributed by atoms with E-state index in [1.807, 2.05) is 35.0 Å². The Balaban J connectivity index is 1.55. The third-order valence-electron chi connectivity index (χ3n) is 6.33. The van der Waals surface area contributed by atoms with Crippen LogP contribution in [-0.4, -0.2) is 45.9 Å². The van der Waals surface area contributed by atoms with E-state index in [-0.39, 0.29) is 17.7 Å². The number of aromatic nitrogens is 2. The lowest BCUT2D eigenvalue weighted by Crippen LogP contribution is -2.54. The molecule has 1 aliphatic carbocycles. The van der Waals surface area contributed by atoms with Gasteiger partial charge in [-0.1, -0.05) is 36.8 Å². The third-order valence-corrected chi connectivity index (χ3v) is 6.90. The summed E-state index contributed by atoms with van der Waals surface area (Å²) in [5.74, 6) is -1.05. The maximum atomic E-state index is 12.8. The van der Waals surface area contributed by atoms with Crippen molar-refractivity contribution >= 4 is 34.7 Å². The lowest BCUT2D eigenvalue weighted by atomic mass is 9.67. The Labute approximate surface area is 202 Å². The van der Waals surface area contributed by atoms with E-state index in [1.165, 1.54) is 0 Å². The number of pyridine rings is 1. The first-order valence-corrected chi connectivity index (χ1v) is 11.5. The number of fused-ring (bicyclic) bond motifs is 1. The van der Waals surface area contributed by atoms with Crippen molar-refractivity contribution in [3.8, 4) is 6.07 Å². The van der Waals surface area contributed by atoms with E-state index in [2.05, 4.69) is 15.6 Å². The fourth-order valence-corrected chi connectivity index (χ4v) is 5.01. The van der Waals surface area contributed by atoms with E-state index >= 15 is 0 Å². The second kappa shape index (κ2) is 10.0. The molecule has 0 saturated heterocycles. The molecule has 4 rings (SSSR count). The average molecular weight is 476 g/mol. The number of nitrogens with zero attached hydrogens (tertiary/aromatic N) is 3. The molecule has 0 spiro atoms. The summed E-state index contributed by atoms with van der Waals surface area (Å²) < 4.78 is 7.88. The SMILES string of the molecule is CNC(=S)C1(c2ccc3nccn3c2)CCCCC1OC(=O)CNC(=O)c1ccccc1C#N. The van der Waals surface area contributed by atoms with Crippen LogP contribution < -0.4 is 10.6 Å². The molecule has 1 saturated carbocycles. The zero-order chi connectivity index (χ0) is 24.1. The van der Waals surface area contributed by atoms with Crippen molar-refractivity contribution in [3.05, 3.63) is 71.7 Å². The quantitative estimate of drug-likeness (QED) is 0.417. The Kier molecular flexibility index (Phi) is 6.89. The molecular formula is C25H25N5O3S. The number of esters is 1. The predicted octanol–water partition coefficient (Wildman–Crippen LogP) is 2.91. The Morgan fingerprint density at radius 2 is 2.12 bits per heavy atom. The van der Waals surface area contributed by atoms with Gasteiger partial charge in [-0.15, -0.1) is 0 Å². The first-order chi connectivity index (χ1) is 16.5. The van der Waals surface area contributed by atoms with Crippen LogP contribution in [0.4, 0.5) is 0 Å². The number of imidazole rings is 1. The van der Waals surface area contributed by atoms with E-state index in [4.69, 9.17) is 17.0 Å². The topological polar surface area (TPSA) is 109 Å². The van der Waals surface area contributed by atoms with Gasteiger partial charge >= 0.3 is 5.97 Å². The molecule has 1 aliphatic rings. The Bertz CT molecular complexity index is 1280. The number of ether oxygens (including phenoxy) is 1. The fourth-order valence-electron chi connectivity index (χ4n) is 4.66. The van der Waals surface area contributed by atoms with Crippen LogP contribution in [0, 0.1) is 11.3 Å². The largest absolute Gasteiger partial charge is 0.460 e. The molecule has 2 atom stereocenters. The first-order valence-electron chi connectivity index (χ1n) is 11.1. The van der Waals surface area contributed by atoms with Crippen LogP contribution in [0.5, 0.6) is 0 Å². The van der Waals surface area contributed by atoms with Crippen molar-refractivity contribution in [3.63, 3.8) is 0 Å². The van der Waals surface area contributed by atoms with Gasteiger partial charge in [-0.2, -0.15) is 5.26 Å². The number of hydrogen-bond donors (Lipinski definition) is 2. The van der Waals surface area contributed by atoms with Gasteiger partial charge < -0.3 is 19.8 Å². The number of likely N-dealkylation sites (N-methyl/N-ethyl adjacent to an activating group) is 1. The highest BCUT2D eigenvalue weighted by Gasteiger charge is 2.48. The van der Waals surface area contributed by atoms with Crippen molar-refractivity contribution in [1.82, 2.24) is 20.0 Å². The first kappa shape index (κ1) is 23.4. The molecular weight excluding hydrogens is 450 g/mol. The van der Waals surface area contributed by atoms with E-state index in [9.17, 15) is 14.9 Å². The Morgan fingerprint density at radius 3 is 2.91 bits per heavy atom. The van der Waals surface area contributed by atoms with Gasteiger partial charge in [0.1, 0.15) is 18.3 Å². The van der Waals surface area contributed by atoms with Crippen LogP contribution in [-0.2, 0) is 14.9 Å². The minimum atomic E-state index is -0.687. The smallest absolute Gasteiger partial charge is 0.325 e. The van der Waals surface area contributed by atoms with Crippen molar-refractivity contribution in [1.29, 1.82) is 5.26 Å². The van der Waals surface area contributed by atoms with E-state index in [0.717, 1.165) is 30.5 Å². The second-order valence-corrected chi connectivity index (χ2v) is 8.63. The standard InChI is InChI=1S/C25H25N5O3S/c1-27-24(34)25(18-9-10-21-28-12-13-30(21)16-18)11-5-4-8-20(25)33-22(31)15-29-23(32)19-7-3-2-6-17(19)14-26/h2-3,6-7,9-10,12-13,16,20H,4-5,8,11,15H2,1H3,(H,27,34)(H,29,32). The summed E-state index contributed by atoms with van der Waals surface area (Å²) in [4.78, 5) is 30.3. The molecule has 0 radical (unpaired) electrons. The normalized spacial score (nSPS) is 19.7. The van der Waals surface area contributed by atoms with Crippen molar-refractivity contribution in [2.45, 2.75) is 37.2 Å². The molecule has 0 aliphatic heterocycles. The summed E-state index contributed by atoms with van der Waals surface area (Å²) >= 11 is 5.77. The van der Waals surface area contributed by atoms with E-state index in [1.54, 1.807) is 37.5 Å². The van der Waals surface area contributed by atoms with Crippen molar-refractivity contribution in [2.24, 2.45) is 0 Å². The van der Waals surface area contributed by atoms with Crippen LogP contribution in [0.2, 0.25) is 0 Å². The van der Waals surface area contributed by atoms with Crippen LogP contribution in [0.1, 0.15) is 47.2 Å². The minimum Gasteiger partial charge on any atom is -0.460 e. The molecule has 2 unspecified atom stereocenters. The van der Waals surface area contributed by atoms with Crippen LogP contribution in [0.3, 0.4) is 0 Å². The monoisotopic (exact) mass is 475 g/mol. The lowest BCUT2D eigenvalue weighted by Gasteiger charge is -2.44. The van der Waals surface area contributed by atoms with Gasteiger partial charge in [-0.3, -0.25) is 9.59 Å². The molecule has 174 valence electrons. The Morgan fingerprint density at radius 1 is 1.29 bits per heavy atom. The summed E-state index contributed by atoms with van der Waals surface area (Å²) in [7, 11) is 1.78. The lowest BCUT2D eigenvalue weighted by molar-refractivity contribution is -0.151. The second-order valence-electron chi connectivity index (χ2n) is 8.23. The maximum Gasteiger partial charge on any atom is 0.325 e. The number of carbonyl (C=O) groups excluding carboxylic acids is 2. The fraction of sp³-hybridized carbons (Fsp3) is 0.320. The van der Waals surface area contributed by atoms with Crippen molar-refractivity contribution in [2.75, 3.05) is 13.6 Å². The number of carbonyl (C=O) groups is 2. The summed E-state index contributed by atoms with van der Waals surface area (Å²) in [6, 6.07) is 12.3. The summed E-state index contributed by atoms with van der Waals surface area (Å²) in [6.45, 7) is -0.307. The summed E-state index contributed by atoms with van der Waals surface area (Å²) in [5.41, 5.74) is 1.54. The van der Waals surface area contributed by atoms with E-state index in [0.29, 0.717) is 11.4 Å². The van der Waals surface area contributed by atoms with Gasteiger partial charge in [0.15, 0.2) is 0 Å². The third kappa shape index (κ3) is 4.37. The highest BCUT2D eigenvalue weighted by molar-refractivity contribution is 7.80. The zero-order valence-corrected chi connectivity index (χ0v) is 19.6. The van der Waals surface area contributed by atoms with Gasteiger partial charge in [0, 0.05) is 25.6 Å². The number of rotatable bonds is 6. The molecule has 9 heteroatoms. The van der Waals surface area contributed by atoms with Crippen LogP contribution >= 0.6 is 12.2 Å². The van der Waals surface area contributed by atoms with E-state index < -0.39 is 23.4 Å². The van der Waals surface area contributed by atoms with Crippen LogP contribution in [0.25, 0.3) is 5.65 Å². The van der Waals surface area contributed by atoms with Gasteiger partial charge in [-0.05, 0) is 43.0 Å². The number of nitrogens with one attached hydrogen (secondary N) is 2. The highest BCUT2D eigenvalue weighted by atomic mass is 32.1. The molecule has 1 aromatic carbocycles. The number of benzene rings is 1. The van der Waals surface area contributed by atoms with Gasteiger partial charge in [0.05, 0.1) is 27.6 Å². The summed E-state index contributed by atoms with van der Waals surface area (Å²) in [6.07, 6.45) is 8.33. The number of amides is 1. The molecule has 1 fully saturated rings. The minimum absolute atomic E-state index is 0.217. The zero-order valence-electron chi connectivity index (χ0n) is 18.8. The number of thiocarbonyl (C=S) groups is 1. The Hall–Kier alpha value is -3.77.